The molecule has 0 radical (unpaired) electrons. The van der Waals surface area contributed by atoms with Gasteiger partial charge in [0.15, 0.2) is 5.58 Å². The van der Waals surface area contributed by atoms with Crippen LogP contribution in [-0.4, -0.2) is 30.3 Å². The zero-order chi connectivity index (χ0) is 17.8. The molecule has 0 aliphatic carbocycles. The SMILES string of the molecule is CC(NC1(CNc2nc3ccccc3o2)CCOCC1)c1ccccc1. The third kappa shape index (κ3) is 3.74. The van der Waals surface area contributed by atoms with Crippen molar-refractivity contribution in [3.63, 3.8) is 0 Å². The van der Waals surface area contributed by atoms with Crippen LogP contribution < -0.4 is 10.6 Å². The number of nitrogens with zero attached hydrogens (tertiary/aromatic N) is 1. The highest BCUT2D eigenvalue weighted by molar-refractivity contribution is 5.74. The summed E-state index contributed by atoms with van der Waals surface area (Å²) in [7, 11) is 0. The van der Waals surface area contributed by atoms with Crippen LogP contribution >= 0.6 is 0 Å². The van der Waals surface area contributed by atoms with Gasteiger partial charge in [-0.3, -0.25) is 0 Å². The lowest BCUT2D eigenvalue weighted by Crippen LogP contribution is -2.54. The summed E-state index contributed by atoms with van der Waals surface area (Å²) in [5.74, 6) is 0. The minimum absolute atomic E-state index is 0.0475. The maximum Gasteiger partial charge on any atom is 0.295 e. The van der Waals surface area contributed by atoms with Crippen molar-refractivity contribution in [2.75, 3.05) is 25.1 Å². The summed E-state index contributed by atoms with van der Waals surface area (Å²) in [5, 5.41) is 7.25. The maximum absolute atomic E-state index is 5.81. The zero-order valence-corrected chi connectivity index (χ0v) is 15.1. The van der Waals surface area contributed by atoms with Crippen LogP contribution in [0.2, 0.25) is 0 Å². The van der Waals surface area contributed by atoms with Crippen molar-refractivity contribution in [1.82, 2.24) is 10.3 Å². The maximum atomic E-state index is 5.81. The molecule has 1 unspecified atom stereocenters. The number of para-hydroxylation sites is 2. The van der Waals surface area contributed by atoms with E-state index in [0.29, 0.717) is 6.01 Å². The standard InChI is InChI=1S/C21H25N3O2/c1-16(17-7-3-2-4-8-17)24-21(11-13-25-14-12-21)15-22-20-23-18-9-5-6-10-19(18)26-20/h2-10,16,24H,11-15H2,1H3,(H,22,23). The van der Waals surface area contributed by atoms with Crippen molar-refractivity contribution in [2.24, 2.45) is 0 Å². The van der Waals surface area contributed by atoms with Gasteiger partial charge in [0, 0.05) is 31.3 Å². The summed E-state index contributed by atoms with van der Waals surface area (Å²) in [6.07, 6.45) is 1.91. The van der Waals surface area contributed by atoms with Crippen molar-refractivity contribution in [3.8, 4) is 0 Å². The van der Waals surface area contributed by atoms with E-state index in [2.05, 4.69) is 52.9 Å². The van der Waals surface area contributed by atoms with E-state index in [0.717, 1.165) is 43.7 Å². The molecule has 0 amide bonds. The Morgan fingerprint density at radius 3 is 2.54 bits per heavy atom. The second-order valence-corrected chi connectivity index (χ2v) is 7.01. The Hall–Kier alpha value is -2.37. The lowest BCUT2D eigenvalue weighted by atomic mass is 9.88. The van der Waals surface area contributed by atoms with Gasteiger partial charge in [-0.15, -0.1) is 0 Å². The normalized spacial score (nSPS) is 17.9. The van der Waals surface area contributed by atoms with Gasteiger partial charge in [-0.2, -0.15) is 4.98 Å². The van der Waals surface area contributed by atoms with E-state index in [9.17, 15) is 0 Å². The van der Waals surface area contributed by atoms with Gasteiger partial charge in [0.1, 0.15) is 5.52 Å². The number of nitrogens with one attached hydrogen (secondary N) is 2. The molecule has 3 aromatic rings. The third-order valence-corrected chi connectivity index (χ3v) is 5.14. The minimum Gasteiger partial charge on any atom is -0.424 e. The molecule has 4 rings (SSSR count). The number of aromatic nitrogens is 1. The number of oxazole rings is 1. The molecule has 136 valence electrons. The Balaban J connectivity index is 1.48. The van der Waals surface area contributed by atoms with Crippen LogP contribution in [-0.2, 0) is 4.74 Å². The van der Waals surface area contributed by atoms with Crippen molar-refractivity contribution in [2.45, 2.75) is 31.3 Å². The number of rotatable bonds is 6. The summed E-state index contributed by atoms with van der Waals surface area (Å²) >= 11 is 0. The molecular formula is C21H25N3O2. The summed E-state index contributed by atoms with van der Waals surface area (Å²) in [4.78, 5) is 4.53. The third-order valence-electron chi connectivity index (χ3n) is 5.14. The van der Waals surface area contributed by atoms with Gasteiger partial charge in [-0.05, 0) is 37.5 Å². The van der Waals surface area contributed by atoms with Crippen LogP contribution in [0, 0.1) is 0 Å². The Morgan fingerprint density at radius 1 is 1.04 bits per heavy atom. The second kappa shape index (κ2) is 7.48. The van der Waals surface area contributed by atoms with Gasteiger partial charge >= 0.3 is 0 Å². The van der Waals surface area contributed by atoms with E-state index in [1.165, 1.54) is 5.56 Å². The van der Waals surface area contributed by atoms with E-state index in [1.807, 2.05) is 24.3 Å². The van der Waals surface area contributed by atoms with Gasteiger partial charge in [0.25, 0.3) is 6.01 Å². The van der Waals surface area contributed by atoms with Gasteiger partial charge in [-0.25, -0.2) is 0 Å². The molecule has 26 heavy (non-hydrogen) atoms. The number of hydrogen-bond donors (Lipinski definition) is 2. The first-order chi connectivity index (χ1) is 12.7. The molecule has 1 aliphatic rings. The number of anilines is 1. The molecule has 1 atom stereocenters. The van der Waals surface area contributed by atoms with E-state index >= 15 is 0 Å². The Kier molecular flexibility index (Phi) is 4.91. The van der Waals surface area contributed by atoms with Crippen molar-refractivity contribution < 1.29 is 9.15 Å². The molecule has 0 bridgehead atoms. The minimum atomic E-state index is -0.0475. The molecule has 5 nitrogen and oxygen atoms in total. The Bertz CT molecular complexity index is 808. The lowest BCUT2D eigenvalue weighted by Gasteiger charge is -2.40. The monoisotopic (exact) mass is 351 g/mol. The average molecular weight is 351 g/mol. The Morgan fingerprint density at radius 2 is 1.77 bits per heavy atom. The Labute approximate surface area is 153 Å². The van der Waals surface area contributed by atoms with E-state index in [-0.39, 0.29) is 11.6 Å². The van der Waals surface area contributed by atoms with Crippen LogP contribution in [0.5, 0.6) is 0 Å². The topological polar surface area (TPSA) is 59.3 Å². The molecule has 1 saturated heterocycles. The van der Waals surface area contributed by atoms with Crippen molar-refractivity contribution in [3.05, 3.63) is 60.2 Å². The largest absolute Gasteiger partial charge is 0.424 e. The number of ether oxygens (including phenoxy) is 1. The van der Waals surface area contributed by atoms with E-state index in [1.54, 1.807) is 0 Å². The molecule has 5 heteroatoms. The molecule has 0 spiro atoms. The van der Waals surface area contributed by atoms with E-state index < -0.39 is 0 Å². The van der Waals surface area contributed by atoms with E-state index in [4.69, 9.17) is 9.15 Å². The highest BCUT2D eigenvalue weighted by Gasteiger charge is 2.34. The quantitative estimate of drug-likeness (QED) is 0.699. The predicted octanol–water partition coefficient (Wildman–Crippen LogP) is 4.14. The first-order valence-electron chi connectivity index (χ1n) is 9.24. The van der Waals surface area contributed by atoms with Crippen molar-refractivity contribution >= 4 is 17.1 Å². The first-order valence-corrected chi connectivity index (χ1v) is 9.24. The average Bonchev–Trinajstić information content (AvgIpc) is 3.11. The molecule has 2 aromatic carbocycles. The fourth-order valence-corrected chi connectivity index (χ4v) is 3.61. The number of benzene rings is 2. The molecule has 2 heterocycles. The summed E-state index contributed by atoms with van der Waals surface area (Å²) in [6.45, 7) is 4.50. The predicted molar refractivity (Wildman–Crippen MR) is 103 cm³/mol. The van der Waals surface area contributed by atoms with Gasteiger partial charge < -0.3 is 19.8 Å². The summed E-state index contributed by atoms with van der Waals surface area (Å²) in [5.41, 5.74) is 2.93. The highest BCUT2D eigenvalue weighted by atomic mass is 16.5. The molecule has 2 N–H and O–H groups in total. The number of hydrogen-bond acceptors (Lipinski definition) is 5. The number of fused-ring (bicyclic) bond motifs is 1. The fourth-order valence-electron chi connectivity index (χ4n) is 3.61. The molecule has 1 aliphatic heterocycles. The molecule has 1 aromatic heterocycles. The molecular weight excluding hydrogens is 326 g/mol. The van der Waals surface area contributed by atoms with Gasteiger partial charge in [-0.1, -0.05) is 42.5 Å². The van der Waals surface area contributed by atoms with Crippen LogP contribution in [0.1, 0.15) is 31.4 Å². The highest BCUT2D eigenvalue weighted by Crippen LogP contribution is 2.27. The fraction of sp³-hybridized carbons (Fsp3) is 0.381. The van der Waals surface area contributed by atoms with Crippen molar-refractivity contribution in [1.29, 1.82) is 0 Å². The van der Waals surface area contributed by atoms with Crippen LogP contribution in [0.25, 0.3) is 11.1 Å². The van der Waals surface area contributed by atoms with Gasteiger partial charge in [0.2, 0.25) is 0 Å². The van der Waals surface area contributed by atoms with Crippen LogP contribution in [0.4, 0.5) is 6.01 Å². The van der Waals surface area contributed by atoms with Crippen LogP contribution in [0.3, 0.4) is 0 Å². The zero-order valence-electron chi connectivity index (χ0n) is 15.1. The molecule has 0 saturated carbocycles. The molecule has 1 fully saturated rings. The summed E-state index contributed by atoms with van der Waals surface area (Å²) < 4.78 is 11.4. The lowest BCUT2D eigenvalue weighted by molar-refractivity contribution is 0.0387. The smallest absolute Gasteiger partial charge is 0.295 e. The second-order valence-electron chi connectivity index (χ2n) is 7.01. The first kappa shape index (κ1) is 17.1. The van der Waals surface area contributed by atoms with Crippen LogP contribution in [0.15, 0.2) is 59.0 Å². The van der Waals surface area contributed by atoms with Gasteiger partial charge in [0.05, 0.1) is 0 Å². The summed E-state index contributed by atoms with van der Waals surface area (Å²) in [6, 6.07) is 19.2.